The molecule has 0 unspecified atom stereocenters. The first-order valence-electron chi connectivity index (χ1n) is 6.58. The van der Waals surface area contributed by atoms with E-state index >= 15 is 0 Å². The first kappa shape index (κ1) is 15.3. The number of hydrogen-bond donors (Lipinski definition) is 2. The van der Waals surface area contributed by atoms with Gasteiger partial charge in [-0.15, -0.1) is 13.2 Å². The average molecular weight is 266 g/mol. The molecule has 0 bridgehead atoms. The number of aliphatic carboxylic acids is 1. The van der Waals surface area contributed by atoms with Gasteiger partial charge >= 0.3 is 12.0 Å². The van der Waals surface area contributed by atoms with E-state index in [4.69, 9.17) is 5.11 Å². The molecule has 1 saturated carbocycles. The summed E-state index contributed by atoms with van der Waals surface area (Å²) in [7, 11) is 0. The number of carboxylic acids is 1. The lowest BCUT2D eigenvalue weighted by atomic mass is 9.86. The summed E-state index contributed by atoms with van der Waals surface area (Å²) in [4.78, 5) is 24.5. The number of carbonyl (C=O) groups is 2. The highest BCUT2D eigenvalue weighted by Gasteiger charge is 2.27. The van der Waals surface area contributed by atoms with Gasteiger partial charge in [0.1, 0.15) is 0 Å². The maximum Gasteiger partial charge on any atom is 0.318 e. The van der Waals surface area contributed by atoms with E-state index < -0.39 is 5.97 Å². The van der Waals surface area contributed by atoms with E-state index in [0.29, 0.717) is 25.9 Å². The van der Waals surface area contributed by atoms with Crippen LogP contribution in [0.15, 0.2) is 25.3 Å². The fourth-order valence-electron chi connectivity index (χ4n) is 2.30. The molecule has 1 aliphatic rings. The van der Waals surface area contributed by atoms with E-state index in [9.17, 15) is 9.59 Å². The Morgan fingerprint density at radius 2 is 1.68 bits per heavy atom. The molecule has 1 aliphatic carbocycles. The van der Waals surface area contributed by atoms with Crippen molar-refractivity contribution in [1.29, 1.82) is 0 Å². The summed E-state index contributed by atoms with van der Waals surface area (Å²) in [6, 6.07) is -0.0706. The number of urea groups is 1. The Balaban J connectivity index is 2.42. The zero-order valence-corrected chi connectivity index (χ0v) is 11.2. The van der Waals surface area contributed by atoms with Crippen molar-refractivity contribution >= 4 is 12.0 Å². The van der Waals surface area contributed by atoms with Gasteiger partial charge in [-0.25, -0.2) is 4.79 Å². The fraction of sp³-hybridized carbons (Fsp3) is 0.571. The normalized spacial score (nSPS) is 22.3. The van der Waals surface area contributed by atoms with Crippen molar-refractivity contribution in [2.75, 3.05) is 13.1 Å². The van der Waals surface area contributed by atoms with Gasteiger partial charge in [0, 0.05) is 19.1 Å². The minimum Gasteiger partial charge on any atom is -0.481 e. The first-order valence-corrected chi connectivity index (χ1v) is 6.58. The van der Waals surface area contributed by atoms with Crippen molar-refractivity contribution in [3.8, 4) is 0 Å². The van der Waals surface area contributed by atoms with Gasteiger partial charge in [-0.3, -0.25) is 4.79 Å². The van der Waals surface area contributed by atoms with Crippen LogP contribution in [0.4, 0.5) is 4.79 Å². The molecule has 1 rings (SSSR count). The number of nitrogens with zero attached hydrogens (tertiary/aromatic N) is 1. The molecule has 0 aromatic rings. The predicted molar refractivity (Wildman–Crippen MR) is 73.9 cm³/mol. The standard InChI is InChI=1S/C14H22N2O3/c1-3-9-16(10-4-2)14(19)15-12-7-5-11(6-8-12)13(17)18/h3-4,11-12H,1-2,5-10H2,(H,15,19)(H,17,18). The average Bonchev–Trinajstić information content (AvgIpc) is 2.39. The quantitative estimate of drug-likeness (QED) is 0.723. The van der Waals surface area contributed by atoms with Crippen LogP contribution < -0.4 is 5.32 Å². The third-order valence-electron chi connectivity index (χ3n) is 3.39. The van der Waals surface area contributed by atoms with Crippen LogP contribution in [0.1, 0.15) is 25.7 Å². The number of rotatable bonds is 6. The van der Waals surface area contributed by atoms with Crippen LogP contribution in [0.2, 0.25) is 0 Å². The Bertz CT molecular complexity index is 337. The largest absolute Gasteiger partial charge is 0.481 e. The van der Waals surface area contributed by atoms with Crippen molar-refractivity contribution in [3.05, 3.63) is 25.3 Å². The lowest BCUT2D eigenvalue weighted by molar-refractivity contribution is -0.142. The van der Waals surface area contributed by atoms with Crippen LogP contribution >= 0.6 is 0 Å². The van der Waals surface area contributed by atoms with Crippen LogP contribution in [0.3, 0.4) is 0 Å². The van der Waals surface area contributed by atoms with E-state index in [0.717, 1.165) is 12.8 Å². The molecule has 5 heteroatoms. The number of hydrogen-bond acceptors (Lipinski definition) is 2. The van der Waals surface area contributed by atoms with Gasteiger partial charge in [-0.1, -0.05) is 12.2 Å². The van der Waals surface area contributed by atoms with Crippen molar-refractivity contribution < 1.29 is 14.7 Å². The topological polar surface area (TPSA) is 69.6 Å². The van der Waals surface area contributed by atoms with E-state index in [2.05, 4.69) is 18.5 Å². The minimum absolute atomic E-state index is 0.0697. The van der Waals surface area contributed by atoms with E-state index in [1.54, 1.807) is 17.1 Å². The maximum absolute atomic E-state index is 12.0. The van der Waals surface area contributed by atoms with Gasteiger partial charge < -0.3 is 15.3 Å². The molecule has 2 amide bonds. The lowest BCUT2D eigenvalue weighted by Crippen LogP contribution is -2.46. The van der Waals surface area contributed by atoms with Gasteiger partial charge in [0.15, 0.2) is 0 Å². The number of nitrogens with one attached hydrogen (secondary N) is 1. The molecule has 2 N–H and O–H groups in total. The van der Waals surface area contributed by atoms with Crippen LogP contribution in [0.5, 0.6) is 0 Å². The summed E-state index contributed by atoms with van der Waals surface area (Å²) in [6.07, 6.45) is 6.04. The summed E-state index contributed by atoms with van der Waals surface area (Å²) < 4.78 is 0. The van der Waals surface area contributed by atoms with Crippen molar-refractivity contribution in [2.45, 2.75) is 31.7 Å². The highest BCUT2D eigenvalue weighted by molar-refractivity contribution is 5.75. The molecule has 0 aliphatic heterocycles. The van der Waals surface area contributed by atoms with E-state index in [-0.39, 0.29) is 18.0 Å². The van der Waals surface area contributed by atoms with Gasteiger partial charge in [0.25, 0.3) is 0 Å². The molecule has 5 nitrogen and oxygen atoms in total. The molecule has 0 atom stereocenters. The van der Waals surface area contributed by atoms with Gasteiger partial charge in [-0.2, -0.15) is 0 Å². The highest BCUT2D eigenvalue weighted by atomic mass is 16.4. The molecule has 106 valence electrons. The van der Waals surface area contributed by atoms with Crippen molar-refractivity contribution in [3.63, 3.8) is 0 Å². The van der Waals surface area contributed by atoms with Crippen LogP contribution in [-0.4, -0.2) is 41.1 Å². The molecular weight excluding hydrogens is 244 g/mol. The Kier molecular flexibility index (Phi) is 6.12. The van der Waals surface area contributed by atoms with Gasteiger partial charge in [-0.05, 0) is 25.7 Å². The Hall–Kier alpha value is -1.78. The Morgan fingerprint density at radius 3 is 2.11 bits per heavy atom. The van der Waals surface area contributed by atoms with E-state index in [1.807, 2.05) is 0 Å². The monoisotopic (exact) mass is 266 g/mol. The third-order valence-corrected chi connectivity index (χ3v) is 3.39. The van der Waals surface area contributed by atoms with Gasteiger partial charge in [0.2, 0.25) is 0 Å². The molecule has 0 heterocycles. The van der Waals surface area contributed by atoms with Crippen LogP contribution in [-0.2, 0) is 4.79 Å². The summed E-state index contributed by atoms with van der Waals surface area (Å²) in [5, 5.41) is 11.9. The zero-order chi connectivity index (χ0) is 14.3. The van der Waals surface area contributed by atoms with Gasteiger partial charge in [0.05, 0.1) is 5.92 Å². The maximum atomic E-state index is 12.0. The Morgan fingerprint density at radius 1 is 1.16 bits per heavy atom. The molecule has 0 aromatic carbocycles. The fourth-order valence-corrected chi connectivity index (χ4v) is 2.30. The van der Waals surface area contributed by atoms with Crippen LogP contribution in [0.25, 0.3) is 0 Å². The Labute approximate surface area is 114 Å². The highest BCUT2D eigenvalue weighted by Crippen LogP contribution is 2.24. The molecule has 0 saturated heterocycles. The molecule has 0 radical (unpaired) electrons. The number of amides is 2. The molecular formula is C14H22N2O3. The second-order valence-electron chi connectivity index (χ2n) is 4.82. The number of carbonyl (C=O) groups excluding carboxylic acids is 1. The predicted octanol–water partition coefficient (Wildman–Crippen LogP) is 2.01. The molecule has 19 heavy (non-hydrogen) atoms. The van der Waals surface area contributed by atoms with Crippen LogP contribution in [0, 0.1) is 5.92 Å². The third kappa shape index (κ3) is 4.77. The molecule has 1 fully saturated rings. The number of carboxylic acid groups (broad SMARTS) is 1. The second kappa shape index (κ2) is 7.61. The molecule has 0 aromatic heterocycles. The smallest absolute Gasteiger partial charge is 0.318 e. The second-order valence-corrected chi connectivity index (χ2v) is 4.82. The lowest BCUT2D eigenvalue weighted by Gasteiger charge is -2.29. The summed E-state index contributed by atoms with van der Waals surface area (Å²) in [5.74, 6) is -0.990. The summed E-state index contributed by atoms with van der Waals surface area (Å²) in [5.41, 5.74) is 0. The SMILES string of the molecule is C=CCN(CC=C)C(=O)NC1CCC(C(=O)O)CC1. The first-order chi connectivity index (χ1) is 9.08. The summed E-state index contributed by atoms with van der Waals surface area (Å²) >= 11 is 0. The summed E-state index contributed by atoms with van der Waals surface area (Å²) in [6.45, 7) is 8.19. The van der Waals surface area contributed by atoms with Crippen molar-refractivity contribution in [1.82, 2.24) is 10.2 Å². The van der Waals surface area contributed by atoms with E-state index in [1.165, 1.54) is 0 Å². The molecule has 0 spiro atoms. The van der Waals surface area contributed by atoms with Crippen molar-refractivity contribution in [2.24, 2.45) is 5.92 Å². The zero-order valence-electron chi connectivity index (χ0n) is 11.2. The minimum atomic E-state index is -0.732.